The van der Waals surface area contributed by atoms with Gasteiger partial charge in [-0.25, -0.2) is 8.42 Å². The average molecular weight is 290 g/mol. The van der Waals surface area contributed by atoms with Crippen molar-refractivity contribution >= 4 is 15.6 Å². The van der Waals surface area contributed by atoms with Crippen LogP contribution in [-0.2, 0) is 9.84 Å². The number of alkyl halides is 2. The number of hydrogen-bond donors (Lipinski definition) is 0. The Balaban J connectivity index is 2.24. The topological polar surface area (TPSA) is 60.4 Å². The number of ketones is 1. The molecule has 104 valence electrons. The first-order valence-electron chi connectivity index (χ1n) is 5.67. The second kappa shape index (κ2) is 5.24. The van der Waals surface area contributed by atoms with E-state index in [1.54, 1.807) is 0 Å². The number of carbonyl (C=O) groups is 1. The molecule has 1 saturated heterocycles. The number of rotatable bonds is 4. The van der Waals surface area contributed by atoms with Crippen LogP contribution in [0.5, 0.6) is 5.75 Å². The summed E-state index contributed by atoms with van der Waals surface area (Å²) < 4.78 is 51.4. The minimum Gasteiger partial charge on any atom is -0.434 e. The van der Waals surface area contributed by atoms with Crippen LogP contribution < -0.4 is 4.74 Å². The average Bonchev–Trinajstić information content (AvgIpc) is 2.69. The van der Waals surface area contributed by atoms with Gasteiger partial charge in [0.05, 0.1) is 17.1 Å². The van der Waals surface area contributed by atoms with Gasteiger partial charge in [0.15, 0.2) is 15.6 Å². The fourth-order valence-electron chi connectivity index (χ4n) is 2.09. The van der Waals surface area contributed by atoms with E-state index < -0.39 is 28.1 Å². The van der Waals surface area contributed by atoms with Crippen LogP contribution in [0.15, 0.2) is 24.3 Å². The second-order valence-corrected chi connectivity index (χ2v) is 6.57. The third kappa shape index (κ3) is 3.28. The van der Waals surface area contributed by atoms with Gasteiger partial charge < -0.3 is 4.74 Å². The van der Waals surface area contributed by atoms with E-state index in [9.17, 15) is 22.0 Å². The molecule has 2 rings (SSSR count). The summed E-state index contributed by atoms with van der Waals surface area (Å²) in [4.78, 5) is 12.1. The molecule has 0 bridgehead atoms. The zero-order chi connectivity index (χ0) is 14.0. The number of carbonyl (C=O) groups excluding carboxylic acids is 1. The number of sulfone groups is 1. The lowest BCUT2D eigenvalue weighted by Gasteiger charge is -2.12. The molecule has 0 spiro atoms. The summed E-state index contributed by atoms with van der Waals surface area (Å²) in [6.07, 6.45) is 0.226. The number of benzene rings is 1. The van der Waals surface area contributed by atoms with E-state index in [-0.39, 0.29) is 29.2 Å². The molecule has 1 fully saturated rings. The molecule has 19 heavy (non-hydrogen) atoms. The predicted molar refractivity (Wildman–Crippen MR) is 64.2 cm³/mol. The SMILES string of the molecule is O=C(c1ccccc1OC(F)F)C1CCS(=O)(=O)C1. The van der Waals surface area contributed by atoms with Gasteiger partial charge in [-0.1, -0.05) is 12.1 Å². The molecule has 1 aromatic rings. The van der Waals surface area contributed by atoms with Crippen molar-refractivity contribution in [3.05, 3.63) is 29.8 Å². The molecule has 0 aliphatic carbocycles. The maximum Gasteiger partial charge on any atom is 0.387 e. The highest BCUT2D eigenvalue weighted by Crippen LogP contribution is 2.28. The third-order valence-electron chi connectivity index (χ3n) is 2.97. The van der Waals surface area contributed by atoms with Crippen molar-refractivity contribution in [3.8, 4) is 5.75 Å². The van der Waals surface area contributed by atoms with E-state index in [2.05, 4.69) is 4.74 Å². The van der Waals surface area contributed by atoms with Crippen molar-refractivity contribution in [1.29, 1.82) is 0 Å². The number of para-hydroxylation sites is 1. The molecule has 0 amide bonds. The number of Topliss-reactive ketones (excluding diaryl/α,β-unsaturated/α-hetero) is 1. The van der Waals surface area contributed by atoms with E-state index in [4.69, 9.17) is 0 Å². The minimum absolute atomic E-state index is 0.00454. The van der Waals surface area contributed by atoms with Crippen molar-refractivity contribution in [3.63, 3.8) is 0 Å². The van der Waals surface area contributed by atoms with Crippen molar-refractivity contribution < 1.29 is 26.7 Å². The first-order valence-corrected chi connectivity index (χ1v) is 7.49. The molecule has 1 aliphatic rings. The first-order chi connectivity index (χ1) is 8.89. The fourth-order valence-corrected chi connectivity index (χ4v) is 3.83. The van der Waals surface area contributed by atoms with Crippen LogP contribution in [0.2, 0.25) is 0 Å². The molecule has 1 atom stereocenters. The maximum atomic E-state index is 12.2. The Morgan fingerprint density at radius 3 is 2.58 bits per heavy atom. The Labute approximate surface area is 109 Å². The lowest BCUT2D eigenvalue weighted by molar-refractivity contribution is -0.0501. The van der Waals surface area contributed by atoms with Gasteiger partial charge in [-0.3, -0.25) is 4.79 Å². The third-order valence-corrected chi connectivity index (χ3v) is 4.74. The number of halogens is 2. The molecule has 7 heteroatoms. The highest BCUT2D eigenvalue weighted by Gasteiger charge is 2.34. The van der Waals surface area contributed by atoms with Crippen molar-refractivity contribution in [1.82, 2.24) is 0 Å². The van der Waals surface area contributed by atoms with Gasteiger partial charge in [0, 0.05) is 5.92 Å². The Morgan fingerprint density at radius 1 is 1.32 bits per heavy atom. The normalized spacial score (nSPS) is 21.5. The van der Waals surface area contributed by atoms with Gasteiger partial charge in [0.1, 0.15) is 5.75 Å². The molecular weight excluding hydrogens is 278 g/mol. The maximum absolute atomic E-state index is 12.2. The van der Waals surface area contributed by atoms with Crippen molar-refractivity contribution in [2.75, 3.05) is 11.5 Å². The predicted octanol–water partition coefficient (Wildman–Crippen LogP) is 1.91. The summed E-state index contributed by atoms with van der Waals surface area (Å²) in [7, 11) is -3.19. The summed E-state index contributed by atoms with van der Waals surface area (Å²) in [6.45, 7) is -3.03. The summed E-state index contributed by atoms with van der Waals surface area (Å²) in [6, 6.07) is 5.63. The summed E-state index contributed by atoms with van der Waals surface area (Å²) in [5.74, 6) is -1.62. The molecule has 0 N–H and O–H groups in total. The van der Waals surface area contributed by atoms with E-state index in [0.29, 0.717) is 0 Å². The monoisotopic (exact) mass is 290 g/mol. The Kier molecular flexibility index (Phi) is 3.84. The van der Waals surface area contributed by atoms with Gasteiger partial charge in [-0.2, -0.15) is 8.78 Å². The molecule has 0 aromatic heterocycles. The Morgan fingerprint density at radius 2 is 2.00 bits per heavy atom. The van der Waals surface area contributed by atoms with E-state index in [1.807, 2.05) is 0 Å². The molecule has 1 unspecified atom stereocenters. The Bertz CT molecular complexity index is 583. The van der Waals surface area contributed by atoms with Gasteiger partial charge >= 0.3 is 6.61 Å². The highest BCUT2D eigenvalue weighted by molar-refractivity contribution is 7.91. The number of hydrogen-bond acceptors (Lipinski definition) is 4. The van der Waals surface area contributed by atoms with E-state index >= 15 is 0 Å². The minimum atomic E-state index is -3.19. The van der Waals surface area contributed by atoms with Crippen molar-refractivity contribution in [2.24, 2.45) is 5.92 Å². The zero-order valence-corrected chi connectivity index (χ0v) is 10.7. The van der Waals surface area contributed by atoms with Gasteiger partial charge in [0.2, 0.25) is 0 Å². The molecule has 1 aromatic carbocycles. The zero-order valence-electron chi connectivity index (χ0n) is 9.88. The molecule has 4 nitrogen and oxygen atoms in total. The van der Waals surface area contributed by atoms with Crippen LogP contribution in [0.4, 0.5) is 8.78 Å². The van der Waals surface area contributed by atoms with Crippen LogP contribution in [0.25, 0.3) is 0 Å². The quantitative estimate of drug-likeness (QED) is 0.795. The van der Waals surface area contributed by atoms with Crippen LogP contribution in [0, 0.1) is 5.92 Å². The number of ether oxygens (including phenoxy) is 1. The largest absolute Gasteiger partial charge is 0.434 e. The molecule has 1 heterocycles. The van der Waals surface area contributed by atoms with Gasteiger partial charge in [-0.15, -0.1) is 0 Å². The van der Waals surface area contributed by atoms with Crippen LogP contribution in [0.1, 0.15) is 16.8 Å². The molecule has 1 aliphatic heterocycles. The highest BCUT2D eigenvalue weighted by atomic mass is 32.2. The summed E-state index contributed by atoms with van der Waals surface area (Å²) in [5, 5.41) is 0. The van der Waals surface area contributed by atoms with Crippen LogP contribution in [-0.4, -0.2) is 32.3 Å². The van der Waals surface area contributed by atoms with Gasteiger partial charge in [-0.05, 0) is 18.6 Å². The van der Waals surface area contributed by atoms with E-state index in [1.165, 1.54) is 24.3 Å². The molecule has 0 radical (unpaired) electrons. The van der Waals surface area contributed by atoms with Gasteiger partial charge in [0.25, 0.3) is 0 Å². The van der Waals surface area contributed by atoms with E-state index in [0.717, 1.165) is 0 Å². The Hall–Kier alpha value is -1.50. The lowest BCUT2D eigenvalue weighted by atomic mass is 9.96. The standard InChI is InChI=1S/C12H12F2O4S/c13-12(14)18-10-4-2-1-3-9(10)11(15)8-5-6-19(16,17)7-8/h1-4,8,12H,5-7H2. The second-order valence-electron chi connectivity index (χ2n) is 4.34. The summed E-state index contributed by atoms with van der Waals surface area (Å²) in [5.41, 5.74) is 0.00454. The molecule has 0 saturated carbocycles. The van der Waals surface area contributed by atoms with Crippen molar-refractivity contribution in [2.45, 2.75) is 13.0 Å². The smallest absolute Gasteiger partial charge is 0.387 e. The first kappa shape index (κ1) is 13.9. The fraction of sp³-hybridized carbons (Fsp3) is 0.417. The summed E-state index contributed by atoms with van der Waals surface area (Å²) >= 11 is 0. The van der Waals surface area contributed by atoms with Crippen LogP contribution >= 0.6 is 0 Å². The van der Waals surface area contributed by atoms with Crippen LogP contribution in [0.3, 0.4) is 0 Å². The lowest BCUT2D eigenvalue weighted by Crippen LogP contribution is -2.18. The molecular formula is C12H12F2O4S.